The minimum Gasteiger partial charge on any atom is -0.350 e. The third-order valence-corrected chi connectivity index (χ3v) is 26.3. The summed E-state index contributed by atoms with van der Waals surface area (Å²) in [5.74, 6) is 1.48. The van der Waals surface area contributed by atoms with Crippen molar-refractivity contribution in [2.24, 2.45) is 9.98 Å². The Balaban J connectivity index is 0.00000215. The highest BCUT2D eigenvalue weighted by molar-refractivity contribution is 6.29. The van der Waals surface area contributed by atoms with Gasteiger partial charge in [0.1, 0.15) is 35.9 Å². The predicted octanol–water partition coefficient (Wildman–Crippen LogP) is 30.2. The van der Waals surface area contributed by atoms with Crippen LogP contribution in [-0.4, -0.2) is 38.2 Å². The number of nitriles is 4. The maximum Gasteiger partial charge on any atom is 0.417 e. The first-order chi connectivity index (χ1) is 66.8. The molecule has 2 aliphatic carbocycles. The summed E-state index contributed by atoms with van der Waals surface area (Å²) in [6, 6.07) is 139. The Labute approximate surface area is 805 Å². The number of amidine groups is 2. The molecule has 0 amide bonds. The van der Waals surface area contributed by atoms with Crippen LogP contribution in [0.15, 0.2) is 411 Å². The number of alkyl halides is 3. The number of aliphatic imine (C=N–C) groups is 2. The topological polar surface area (TPSA) is 176 Å². The number of hydrogen-bond donors (Lipinski definition) is 2. The minimum absolute atomic E-state index is 0. The molecular weight excluding hydrogens is 1750 g/mol. The number of aryl methyl sites for hydroxylation is 1. The molecule has 19 aromatic rings. The number of halogens is 7. The number of aromatic nitrogens is 2. The molecule has 0 saturated heterocycles. The maximum absolute atomic E-state index is 14.5. The smallest absolute Gasteiger partial charge is 0.350 e. The lowest BCUT2D eigenvalue weighted by atomic mass is 9.70. The Hall–Kier alpha value is -18.6. The van der Waals surface area contributed by atoms with Crippen LogP contribution in [0.2, 0.25) is 0 Å². The molecule has 0 fully saturated rings. The second-order valence-corrected chi connectivity index (χ2v) is 33.7. The third kappa shape index (κ3) is 15.7. The summed E-state index contributed by atoms with van der Waals surface area (Å²) in [5.41, 5.74) is 29.6. The SMILES string of the molecule is Cc1ccc(-c2ccc3c4c(cccc24)C(=Nc2ncc(-c4ccc(N(c5ccc(/C(C#N)=C(\C#N)c6ccc(N(c7ccc(-c8ccccc8)cc7)c7ccc(-c8cnc(N=C9Nc%10ccc(-c%11ccc%12c(c%11)C%11(c%13ccccc%13-c%13ccccc%13%11)c%11ccccc%11-%12)c%11cccc9c%10%11)c(C#N)c8)cc7)cc6)cc5)c5ccc(-c6ccccc6)cc5)cc4)cc2C#N)N3)c(C(F)(F)F)c1.F.F.F.[B].[B]F. The Morgan fingerprint density at radius 3 is 1.05 bits per heavy atom. The number of rotatable bonds is 16. The zero-order chi connectivity index (χ0) is 92.5. The molecular formula is C119H74B2F7N12. The van der Waals surface area contributed by atoms with Crippen molar-refractivity contribution in [1.29, 1.82) is 21.0 Å². The Morgan fingerprint density at radius 1 is 0.329 bits per heavy atom. The van der Waals surface area contributed by atoms with Gasteiger partial charge in [-0.15, -0.1) is 0 Å². The molecule has 0 bridgehead atoms. The molecule has 2 aromatic heterocycles. The van der Waals surface area contributed by atoms with Gasteiger partial charge in [0.15, 0.2) is 11.6 Å². The maximum atomic E-state index is 14.5. The molecule has 5 radical (unpaired) electrons. The van der Waals surface area contributed by atoms with Crippen molar-refractivity contribution in [2.75, 3.05) is 20.4 Å². The third-order valence-electron chi connectivity index (χ3n) is 26.3. The first kappa shape index (κ1) is 91.9. The van der Waals surface area contributed by atoms with Gasteiger partial charge in [0, 0.05) is 99.3 Å². The van der Waals surface area contributed by atoms with Crippen LogP contribution in [0.3, 0.4) is 0 Å². The highest BCUT2D eigenvalue weighted by atomic mass is 19.4. The van der Waals surface area contributed by atoms with Gasteiger partial charge in [0.25, 0.3) is 0 Å². The molecule has 17 aromatic carbocycles. The first-order valence-electron chi connectivity index (χ1n) is 44.1. The van der Waals surface area contributed by atoms with E-state index >= 15 is 0 Å². The fourth-order valence-electron chi connectivity index (χ4n) is 20.1. The first-order valence-corrected chi connectivity index (χ1v) is 44.1. The monoisotopic (exact) mass is 1830 g/mol. The lowest BCUT2D eigenvalue weighted by molar-refractivity contribution is -0.137. The molecule has 21 heteroatoms. The number of nitrogens with zero attached hydrogens (tertiary/aromatic N) is 10. The number of benzene rings is 17. The molecule has 2 aliphatic heterocycles. The normalized spacial score (nSPS) is 12.8. The summed E-state index contributed by atoms with van der Waals surface area (Å²) in [4.78, 5) is 23.9. The summed E-state index contributed by atoms with van der Waals surface area (Å²) in [7, 11) is 3.00. The van der Waals surface area contributed by atoms with Crippen LogP contribution >= 0.6 is 0 Å². The molecule has 1 spiro atoms. The van der Waals surface area contributed by atoms with Crippen LogP contribution in [0.5, 0.6) is 0 Å². The molecule has 12 nitrogen and oxygen atoms in total. The zero-order valence-electron chi connectivity index (χ0n) is 74.5. The molecule has 0 unspecified atom stereocenters. The second kappa shape index (κ2) is 37.7. The van der Waals surface area contributed by atoms with Crippen molar-refractivity contribution in [3.05, 3.63) is 467 Å². The summed E-state index contributed by atoms with van der Waals surface area (Å²) in [6.45, 7) is 1.64. The molecule has 4 aliphatic rings. The van der Waals surface area contributed by atoms with Gasteiger partial charge in [0.05, 0.1) is 33.3 Å². The molecule has 2 N–H and O–H groups in total. The lowest BCUT2D eigenvalue weighted by Crippen LogP contribution is -2.25. The number of pyridine rings is 2. The Bertz CT molecular complexity index is 8320. The fourth-order valence-corrected chi connectivity index (χ4v) is 20.1. The van der Waals surface area contributed by atoms with Gasteiger partial charge in [-0.2, -0.15) is 34.2 Å². The average Bonchev–Trinajstić information content (AvgIpc) is 1.50. The van der Waals surface area contributed by atoms with E-state index < -0.39 is 17.2 Å². The quantitative estimate of drug-likeness (QED) is 0.0410. The molecule has 665 valence electrons. The Morgan fingerprint density at radius 2 is 0.657 bits per heavy atom. The Kier molecular flexibility index (Phi) is 24.8. The van der Waals surface area contributed by atoms with Crippen molar-refractivity contribution < 1.29 is 31.6 Å². The number of allylic oxidation sites excluding steroid dienone is 2. The van der Waals surface area contributed by atoms with E-state index in [4.69, 9.17) is 24.3 Å². The van der Waals surface area contributed by atoms with Crippen molar-refractivity contribution in [3.63, 3.8) is 0 Å². The van der Waals surface area contributed by atoms with Gasteiger partial charge in [0.2, 0.25) is 0 Å². The minimum atomic E-state index is -4.57. The summed E-state index contributed by atoms with van der Waals surface area (Å²) >= 11 is 0. The van der Waals surface area contributed by atoms with E-state index in [2.05, 4.69) is 247 Å². The highest BCUT2D eigenvalue weighted by Crippen LogP contribution is 2.64. The number of nitrogens with one attached hydrogen (secondary N) is 2. The van der Waals surface area contributed by atoms with Crippen molar-refractivity contribution in [2.45, 2.75) is 18.5 Å². The van der Waals surface area contributed by atoms with Gasteiger partial charge >= 0.3 is 14.3 Å². The van der Waals surface area contributed by atoms with E-state index in [9.17, 15) is 34.2 Å². The van der Waals surface area contributed by atoms with E-state index in [1.807, 2.05) is 152 Å². The van der Waals surface area contributed by atoms with Crippen LogP contribution in [0.1, 0.15) is 66.8 Å². The van der Waals surface area contributed by atoms with Crippen molar-refractivity contribution in [1.82, 2.24) is 9.97 Å². The second-order valence-electron chi connectivity index (χ2n) is 33.7. The molecule has 0 saturated carbocycles. The van der Waals surface area contributed by atoms with Crippen LogP contribution in [0.25, 0.3) is 122 Å². The zero-order valence-corrected chi connectivity index (χ0v) is 74.5. The fraction of sp³-hybridized carbons (Fsp3) is 0.0252. The number of anilines is 8. The average molecular weight is 1830 g/mol. The highest BCUT2D eigenvalue weighted by Gasteiger charge is 2.52. The van der Waals surface area contributed by atoms with Crippen LogP contribution in [0, 0.1) is 52.2 Å². The van der Waals surface area contributed by atoms with Gasteiger partial charge in [-0.1, -0.05) is 285 Å². The van der Waals surface area contributed by atoms with Crippen LogP contribution in [-0.2, 0) is 11.6 Å². The summed E-state index contributed by atoms with van der Waals surface area (Å²) in [5, 5.41) is 54.3. The van der Waals surface area contributed by atoms with E-state index in [-0.39, 0.29) is 50.6 Å². The van der Waals surface area contributed by atoms with Crippen LogP contribution in [0.4, 0.5) is 88.7 Å². The van der Waals surface area contributed by atoms with Gasteiger partial charge in [-0.3, -0.25) is 14.1 Å². The summed E-state index contributed by atoms with van der Waals surface area (Å²) < 4.78 is 52.5. The van der Waals surface area contributed by atoms with E-state index in [1.54, 1.807) is 49.6 Å². The van der Waals surface area contributed by atoms with Gasteiger partial charge in [-0.25, -0.2) is 20.0 Å². The summed E-state index contributed by atoms with van der Waals surface area (Å²) in [6.07, 6.45) is -1.14. The number of fused-ring (bicyclic) bond motifs is 10. The van der Waals surface area contributed by atoms with Crippen LogP contribution < -0.4 is 20.4 Å². The molecule has 4 heterocycles. The van der Waals surface area contributed by atoms with Crippen molar-refractivity contribution >= 4 is 118 Å². The van der Waals surface area contributed by atoms with E-state index in [0.717, 1.165) is 106 Å². The lowest BCUT2D eigenvalue weighted by Gasteiger charge is -2.30. The van der Waals surface area contributed by atoms with E-state index in [1.165, 1.54) is 56.6 Å². The van der Waals surface area contributed by atoms with Gasteiger partial charge < -0.3 is 24.7 Å². The standard InChI is InChI=1S/C119H71F3N12.BF.B.3FH/c1-72-30-56-97(109(62-72)119(120,121)122)93-59-61-111-113-100(93)24-15-26-102(113)117(130-111)132-115-83(67-124)64-85(71-128-115)78-37-50-89(51-38-78)134(87-46-33-76(34-47-87)74-18-6-3-7-19-74)91-54-41-80(42-55-91)104(69-126)103(68-125)79-39-52-90(53-40-79)133(86-44-31-75(32-45-86)73-16-4-2-5-17-73)88-48-35-77(36-49-88)84-63-82(66-123)114(127-70-84)131-116-101-25-14-23-99-92(58-60-110(129-116)112(99)101)81-43-57-98-96-22-10-13-29-107(96)118(108(98)65-81)105-27-11-8-20-94(105)95-21-9-12-28-106(95)118;1-2;;;;/h2-65,70-71H,1H3,(H,127,129,131)(H,128,130,132);;;3*1H/b104-103+;;;;;. The molecule has 140 heavy (non-hydrogen) atoms. The largest absolute Gasteiger partial charge is 0.417 e. The predicted molar refractivity (Wildman–Crippen MR) is 552 cm³/mol. The molecule has 0 atom stereocenters. The van der Waals surface area contributed by atoms with Gasteiger partial charge in [-0.05, 0) is 238 Å². The number of hydrogen-bond acceptors (Lipinski definition) is 10. The van der Waals surface area contributed by atoms with E-state index in [0.29, 0.717) is 72.9 Å². The molecule has 23 rings (SSSR count). The van der Waals surface area contributed by atoms with Crippen molar-refractivity contribution in [3.8, 4) is 113 Å².